The van der Waals surface area contributed by atoms with E-state index in [9.17, 15) is 0 Å². The molecule has 6 heteroatoms. The number of thiazole rings is 1. The van der Waals surface area contributed by atoms with E-state index in [1.165, 1.54) is 65.2 Å². The van der Waals surface area contributed by atoms with Crippen molar-refractivity contribution < 1.29 is 26.4 Å². The highest BCUT2D eigenvalue weighted by atomic mass is 35.5. The molecule has 0 spiro atoms. The van der Waals surface area contributed by atoms with Gasteiger partial charge in [-0.05, 0) is 60.2 Å². The molecule has 1 aliphatic carbocycles. The van der Waals surface area contributed by atoms with Crippen molar-refractivity contribution in [2.75, 3.05) is 39.5 Å². The summed E-state index contributed by atoms with van der Waals surface area (Å²) in [7, 11) is 5.79. The van der Waals surface area contributed by atoms with E-state index >= 15 is 0 Å². The largest absolute Gasteiger partial charge is 1.00 e. The standard InChI is InChI=1S/C29H37N2O2S.ClH/c1-30(2)27-16-9-23(10-17-27)11-18-29-31(19-20-33-22-32-3)28(21-34-29)26-14-12-25(13-15-26)24-7-5-4-6-8-24;/h9-18,21,24H,4-8,19-20,22H2,1-3H3;1H/q+1;/p-1. The third kappa shape index (κ3) is 7.40. The van der Waals surface area contributed by atoms with Crippen LogP contribution >= 0.6 is 11.3 Å². The molecular formula is C29H37ClN2O2S. The summed E-state index contributed by atoms with van der Waals surface area (Å²) in [6.45, 7) is 1.71. The lowest BCUT2D eigenvalue weighted by molar-refractivity contribution is -0.685. The van der Waals surface area contributed by atoms with Gasteiger partial charge in [0, 0.05) is 38.5 Å². The van der Waals surface area contributed by atoms with E-state index in [-0.39, 0.29) is 12.4 Å². The molecule has 1 fully saturated rings. The molecule has 1 saturated carbocycles. The lowest BCUT2D eigenvalue weighted by atomic mass is 9.84. The zero-order chi connectivity index (χ0) is 23.8. The number of anilines is 1. The van der Waals surface area contributed by atoms with Crippen molar-refractivity contribution in [2.24, 2.45) is 0 Å². The summed E-state index contributed by atoms with van der Waals surface area (Å²) >= 11 is 1.78. The number of hydrogen-bond acceptors (Lipinski definition) is 4. The van der Waals surface area contributed by atoms with Crippen LogP contribution in [0.1, 0.15) is 54.2 Å². The molecule has 4 nitrogen and oxygen atoms in total. The Labute approximate surface area is 220 Å². The smallest absolute Gasteiger partial charge is 0.262 e. The highest BCUT2D eigenvalue weighted by Gasteiger charge is 2.21. The summed E-state index contributed by atoms with van der Waals surface area (Å²) in [5.41, 5.74) is 6.40. The van der Waals surface area contributed by atoms with Crippen molar-refractivity contribution in [3.63, 3.8) is 0 Å². The van der Waals surface area contributed by atoms with Crippen LogP contribution in [0.3, 0.4) is 0 Å². The van der Waals surface area contributed by atoms with Crippen LogP contribution in [0.5, 0.6) is 0 Å². The molecule has 2 aromatic carbocycles. The molecule has 0 N–H and O–H groups in total. The molecule has 0 bridgehead atoms. The first-order chi connectivity index (χ1) is 16.7. The molecule has 188 valence electrons. The van der Waals surface area contributed by atoms with Gasteiger partial charge in [-0.2, -0.15) is 4.57 Å². The Hall–Kier alpha value is -2.18. The van der Waals surface area contributed by atoms with Gasteiger partial charge in [0.05, 0.1) is 5.38 Å². The third-order valence-electron chi connectivity index (χ3n) is 6.62. The molecule has 1 heterocycles. The van der Waals surface area contributed by atoms with E-state index in [1.54, 1.807) is 18.4 Å². The first kappa shape index (κ1) is 27.4. The molecule has 1 aliphatic rings. The van der Waals surface area contributed by atoms with Crippen molar-refractivity contribution in [3.05, 3.63) is 70.0 Å². The maximum atomic E-state index is 5.63. The monoisotopic (exact) mass is 512 g/mol. The molecular weight excluding hydrogens is 476 g/mol. The van der Waals surface area contributed by atoms with E-state index in [2.05, 4.69) is 89.6 Å². The zero-order valence-corrected chi connectivity index (χ0v) is 22.7. The summed E-state index contributed by atoms with van der Waals surface area (Å²) < 4.78 is 13.1. The van der Waals surface area contributed by atoms with Crippen molar-refractivity contribution >= 4 is 29.2 Å². The Bertz CT molecular complexity index is 1060. The Morgan fingerprint density at radius 2 is 1.69 bits per heavy atom. The summed E-state index contributed by atoms with van der Waals surface area (Å²) in [6, 6.07) is 17.9. The second-order valence-electron chi connectivity index (χ2n) is 9.20. The van der Waals surface area contributed by atoms with Gasteiger partial charge in [-0.15, -0.1) is 0 Å². The maximum absolute atomic E-state index is 5.63. The first-order valence-electron chi connectivity index (χ1n) is 12.3. The van der Waals surface area contributed by atoms with E-state index in [0.717, 1.165) is 12.5 Å². The first-order valence-corrected chi connectivity index (χ1v) is 13.2. The van der Waals surface area contributed by atoms with Gasteiger partial charge in [0.15, 0.2) is 6.54 Å². The Morgan fingerprint density at radius 1 is 0.971 bits per heavy atom. The molecule has 0 unspecified atom stereocenters. The van der Waals surface area contributed by atoms with Crippen LogP contribution in [0.2, 0.25) is 0 Å². The lowest BCUT2D eigenvalue weighted by Gasteiger charge is -2.21. The van der Waals surface area contributed by atoms with Gasteiger partial charge in [-0.3, -0.25) is 0 Å². The molecule has 1 aromatic heterocycles. The number of hydrogen-bond donors (Lipinski definition) is 0. The molecule has 0 saturated heterocycles. The minimum absolute atomic E-state index is 0. The molecule has 0 radical (unpaired) electrons. The average molecular weight is 513 g/mol. The Morgan fingerprint density at radius 3 is 2.34 bits per heavy atom. The van der Waals surface area contributed by atoms with Crippen molar-refractivity contribution in [3.8, 4) is 11.3 Å². The summed E-state index contributed by atoms with van der Waals surface area (Å²) in [5.74, 6) is 0.734. The quantitative estimate of drug-likeness (QED) is 0.236. The number of rotatable bonds is 10. The molecule has 0 amide bonds. The number of benzene rings is 2. The average Bonchev–Trinajstić information content (AvgIpc) is 3.29. The summed E-state index contributed by atoms with van der Waals surface area (Å²) in [4.78, 5) is 2.12. The van der Waals surface area contributed by atoms with E-state index < -0.39 is 0 Å². The predicted molar refractivity (Wildman–Crippen MR) is 143 cm³/mol. The summed E-state index contributed by atoms with van der Waals surface area (Å²) in [5, 5.41) is 3.48. The maximum Gasteiger partial charge on any atom is 0.262 e. The highest BCUT2D eigenvalue weighted by Crippen LogP contribution is 2.33. The second-order valence-corrected chi connectivity index (χ2v) is 10.1. The SMILES string of the molecule is COCOCC[n+]1c(-c2ccc(C3CCCCC3)cc2)csc1/C=C/c1ccc(N(C)C)cc1.[Cl-]. The van der Waals surface area contributed by atoms with Crippen LogP contribution in [-0.2, 0) is 16.0 Å². The summed E-state index contributed by atoms with van der Waals surface area (Å²) in [6.07, 6.45) is 11.2. The second kappa shape index (κ2) is 13.8. The molecule has 4 rings (SSSR count). The van der Waals surface area contributed by atoms with Gasteiger partial charge in [0.25, 0.3) is 5.01 Å². The fourth-order valence-electron chi connectivity index (χ4n) is 4.66. The van der Waals surface area contributed by atoms with Crippen LogP contribution in [0.25, 0.3) is 23.4 Å². The van der Waals surface area contributed by atoms with Gasteiger partial charge in [-0.25, -0.2) is 0 Å². The molecule has 0 atom stereocenters. The van der Waals surface area contributed by atoms with E-state index in [4.69, 9.17) is 9.47 Å². The number of halogens is 1. The fourth-order valence-corrected chi connectivity index (χ4v) is 5.62. The van der Waals surface area contributed by atoms with Gasteiger partial charge in [0.2, 0.25) is 5.69 Å². The van der Waals surface area contributed by atoms with Crippen LogP contribution < -0.4 is 21.9 Å². The Kier molecular flexibility index (Phi) is 10.8. The van der Waals surface area contributed by atoms with Crippen molar-refractivity contribution in [2.45, 2.75) is 44.6 Å². The van der Waals surface area contributed by atoms with Gasteiger partial charge >= 0.3 is 0 Å². The number of ether oxygens (including phenoxy) is 2. The minimum Gasteiger partial charge on any atom is -1.00 e. The lowest BCUT2D eigenvalue weighted by Crippen LogP contribution is -3.00. The van der Waals surface area contributed by atoms with Gasteiger partial charge < -0.3 is 26.8 Å². The number of nitrogens with zero attached hydrogens (tertiary/aromatic N) is 2. The fraction of sp³-hybridized carbons (Fsp3) is 0.414. The van der Waals surface area contributed by atoms with Gasteiger partial charge in [0.1, 0.15) is 13.4 Å². The third-order valence-corrected chi connectivity index (χ3v) is 7.56. The molecule has 3 aromatic rings. The van der Waals surface area contributed by atoms with E-state index in [1.807, 2.05) is 0 Å². The highest BCUT2D eigenvalue weighted by molar-refractivity contribution is 7.10. The number of aromatic nitrogens is 1. The number of methoxy groups -OCH3 is 1. The minimum atomic E-state index is 0. The zero-order valence-electron chi connectivity index (χ0n) is 21.1. The van der Waals surface area contributed by atoms with Crippen molar-refractivity contribution in [1.29, 1.82) is 0 Å². The van der Waals surface area contributed by atoms with E-state index in [0.29, 0.717) is 13.4 Å². The van der Waals surface area contributed by atoms with Crippen LogP contribution in [0, 0.1) is 0 Å². The van der Waals surface area contributed by atoms with Crippen molar-refractivity contribution in [1.82, 2.24) is 0 Å². The van der Waals surface area contributed by atoms with Gasteiger partial charge in [-0.1, -0.05) is 54.9 Å². The normalized spacial score (nSPS) is 14.3. The molecule has 0 aliphatic heterocycles. The van der Waals surface area contributed by atoms with Crippen LogP contribution in [-0.4, -0.2) is 34.6 Å². The van der Waals surface area contributed by atoms with Crippen LogP contribution in [0.4, 0.5) is 5.69 Å². The Balaban J connectivity index is 0.00000342. The molecule has 35 heavy (non-hydrogen) atoms. The predicted octanol–water partition coefficient (Wildman–Crippen LogP) is 3.61. The van der Waals surface area contributed by atoms with Crippen LogP contribution in [0.15, 0.2) is 53.9 Å². The topological polar surface area (TPSA) is 25.6 Å².